The summed E-state index contributed by atoms with van der Waals surface area (Å²) in [5.74, 6) is 0. The van der Waals surface area contributed by atoms with Crippen molar-refractivity contribution in [1.29, 1.82) is 0 Å². The molecule has 17 heavy (non-hydrogen) atoms. The van der Waals surface area contributed by atoms with E-state index < -0.39 is 0 Å². The quantitative estimate of drug-likeness (QED) is 0.838. The lowest BCUT2D eigenvalue weighted by atomic mass is 10.2. The molecule has 0 aliphatic carbocycles. The first kappa shape index (κ1) is 12.4. The molecule has 0 spiro atoms. The molecule has 0 saturated heterocycles. The normalized spacial score (nSPS) is 10.7. The zero-order valence-corrected chi connectivity index (χ0v) is 11.1. The fraction of sp³-hybridized carbons (Fsp3) is 0.250. The zero-order valence-electron chi connectivity index (χ0n) is 9.53. The van der Waals surface area contributed by atoms with Crippen molar-refractivity contribution in [1.82, 2.24) is 10.3 Å². The zero-order chi connectivity index (χ0) is 12.3. The van der Waals surface area contributed by atoms with E-state index in [4.69, 9.17) is 17.3 Å². The molecule has 0 fully saturated rings. The molecule has 0 radical (unpaired) electrons. The summed E-state index contributed by atoms with van der Waals surface area (Å²) in [5.41, 5.74) is 7.40. The van der Waals surface area contributed by atoms with Crippen molar-refractivity contribution < 1.29 is 0 Å². The molecule has 1 aromatic carbocycles. The maximum atomic E-state index is 5.95. The number of anilines is 1. The van der Waals surface area contributed by atoms with Crippen LogP contribution in [0.25, 0.3) is 0 Å². The van der Waals surface area contributed by atoms with Gasteiger partial charge in [0.2, 0.25) is 0 Å². The number of hydrogen-bond donors (Lipinski definition) is 2. The summed E-state index contributed by atoms with van der Waals surface area (Å²) < 4.78 is 0. The van der Waals surface area contributed by atoms with Gasteiger partial charge >= 0.3 is 0 Å². The highest BCUT2D eigenvalue weighted by Gasteiger charge is 2.00. The molecule has 2 aromatic rings. The van der Waals surface area contributed by atoms with Gasteiger partial charge in [-0.25, -0.2) is 4.98 Å². The number of hydrogen-bond acceptors (Lipinski definition) is 4. The summed E-state index contributed by atoms with van der Waals surface area (Å²) in [6, 6.07) is 5.70. The Labute approximate surface area is 110 Å². The highest BCUT2D eigenvalue weighted by molar-refractivity contribution is 7.11. The Kier molecular flexibility index (Phi) is 3.99. The number of nitrogen functional groups attached to an aromatic ring is 1. The van der Waals surface area contributed by atoms with E-state index >= 15 is 0 Å². The number of aryl methyl sites for hydroxylation is 1. The van der Waals surface area contributed by atoms with E-state index in [2.05, 4.69) is 10.3 Å². The van der Waals surface area contributed by atoms with Gasteiger partial charge in [-0.05, 0) is 24.6 Å². The molecule has 3 N–H and O–H groups in total. The van der Waals surface area contributed by atoms with E-state index in [1.54, 1.807) is 11.3 Å². The summed E-state index contributed by atoms with van der Waals surface area (Å²) in [5, 5.41) is 5.05. The molecular weight excluding hydrogens is 254 g/mol. The molecule has 5 heteroatoms. The number of aromatic nitrogens is 1. The second-order valence-corrected chi connectivity index (χ2v) is 5.53. The Morgan fingerprint density at radius 2 is 2.24 bits per heavy atom. The number of halogens is 1. The Morgan fingerprint density at radius 1 is 1.41 bits per heavy atom. The van der Waals surface area contributed by atoms with Gasteiger partial charge in [0.15, 0.2) is 0 Å². The summed E-state index contributed by atoms with van der Waals surface area (Å²) in [6.45, 7) is 3.61. The molecule has 0 atom stereocenters. The SMILES string of the molecule is Cc1ncc(CNCc2ccc(N)c(Cl)c2)s1. The van der Waals surface area contributed by atoms with E-state index in [0.717, 1.165) is 23.7 Å². The number of nitrogens with one attached hydrogen (secondary N) is 1. The second kappa shape index (κ2) is 5.49. The fourth-order valence-electron chi connectivity index (χ4n) is 1.50. The fourth-order valence-corrected chi connectivity index (χ4v) is 2.47. The molecule has 2 rings (SSSR count). The van der Waals surface area contributed by atoms with Gasteiger partial charge in [-0.3, -0.25) is 0 Å². The maximum absolute atomic E-state index is 5.95. The number of rotatable bonds is 4. The molecule has 0 amide bonds. The molecule has 0 bridgehead atoms. The molecule has 90 valence electrons. The third kappa shape index (κ3) is 3.43. The van der Waals surface area contributed by atoms with Crippen LogP contribution in [-0.4, -0.2) is 4.98 Å². The Morgan fingerprint density at radius 3 is 2.88 bits per heavy atom. The lowest BCUT2D eigenvalue weighted by molar-refractivity contribution is 0.700. The third-order valence-electron chi connectivity index (χ3n) is 2.36. The van der Waals surface area contributed by atoms with Crippen LogP contribution in [0.2, 0.25) is 5.02 Å². The molecule has 0 aliphatic rings. The lowest BCUT2D eigenvalue weighted by Crippen LogP contribution is -2.11. The van der Waals surface area contributed by atoms with Crippen molar-refractivity contribution in [2.45, 2.75) is 20.0 Å². The average Bonchev–Trinajstić information content (AvgIpc) is 2.70. The monoisotopic (exact) mass is 267 g/mol. The van der Waals surface area contributed by atoms with Gasteiger partial charge < -0.3 is 11.1 Å². The van der Waals surface area contributed by atoms with Crippen molar-refractivity contribution in [2.24, 2.45) is 0 Å². The van der Waals surface area contributed by atoms with Crippen molar-refractivity contribution in [3.05, 3.63) is 44.9 Å². The van der Waals surface area contributed by atoms with Gasteiger partial charge in [0.1, 0.15) is 0 Å². The molecule has 1 heterocycles. The summed E-state index contributed by atoms with van der Waals surface area (Å²) in [7, 11) is 0. The van der Waals surface area contributed by atoms with Crippen LogP contribution < -0.4 is 11.1 Å². The van der Waals surface area contributed by atoms with Crippen LogP contribution in [0.3, 0.4) is 0 Å². The van der Waals surface area contributed by atoms with Crippen LogP contribution in [0, 0.1) is 6.92 Å². The van der Waals surface area contributed by atoms with Crippen molar-refractivity contribution >= 4 is 28.6 Å². The van der Waals surface area contributed by atoms with E-state index in [9.17, 15) is 0 Å². The first-order chi connectivity index (χ1) is 8.15. The van der Waals surface area contributed by atoms with Crippen molar-refractivity contribution in [3.63, 3.8) is 0 Å². The first-order valence-electron chi connectivity index (χ1n) is 5.31. The number of nitrogens with zero attached hydrogens (tertiary/aromatic N) is 1. The van der Waals surface area contributed by atoms with Crippen LogP contribution in [0.5, 0.6) is 0 Å². The van der Waals surface area contributed by atoms with Crippen LogP contribution in [0.1, 0.15) is 15.4 Å². The minimum atomic E-state index is 0.609. The lowest BCUT2D eigenvalue weighted by Gasteiger charge is -2.05. The van der Waals surface area contributed by atoms with Gasteiger partial charge in [0.05, 0.1) is 15.7 Å². The third-order valence-corrected chi connectivity index (χ3v) is 3.60. The predicted molar refractivity (Wildman–Crippen MR) is 73.3 cm³/mol. The van der Waals surface area contributed by atoms with E-state index in [-0.39, 0.29) is 0 Å². The number of nitrogens with two attached hydrogens (primary N) is 1. The minimum absolute atomic E-state index is 0.609. The Balaban J connectivity index is 1.87. The average molecular weight is 268 g/mol. The smallest absolute Gasteiger partial charge is 0.0897 e. The maximum Gasteiger partial charge on any atom is 0.0897 e. The highest BCUT2D eigenvalue weighted by atomic mass is 35.5. The van der Waals surface area contributed by atoms with E-state index in [1.165, 1.54) is 4.88 Å². The van der Waals surface area contributed by atoms with E-state index in [0.29, 0.717) is 10.7 Å². The minimum Gasteiger partial charge on any atom is -0.398 e. The van der Waals surface area contributed by atoms with Crippen LogP contribution >= 0.6 is 22.9 Å². The van der Waals surface area contributed by atoms with Crippen molar-refractivity contribution in [3.8, 4) is 0 Å². The molecule has 0 unspecified atom stereocenters. The number of thiazole rings is 1. The van der Waals surface area contributed by atoms with Gasteiger partial charge in [-0.15, -0.1) is 11.3 Å². The predicted octanol–water partition coefficient (Wildman–Crippen LogP) is 2.98. The molecule has 0 saturated carbocycles. The summed E-state index contributed by atoms with van der Waals surface area (Å²) >= 11 is 7.66. The standard InChI is InChI=1S/C12H14ClN3S/c1-8-16-7-10(17-8)6-15-5-9-2-3-12(14)11(13)4-9/h2-4,7,15H,5-6,14H2,1H3. The molecule has 1 aromatic heterocycles. The number of benzene rings is 1. The van der Waals surface area contributed by atoms with Gasteiger partial charge in [0.25, 0.3) is 0 Å². The van der Waals surface area contributed by atoms with Crippen LogP contribution in [0.4, 0.5) is 5.69 Å². The largest absolute Gasteiger partial charge is 0.398 e. The van der Waals surface area contributed by atoms with Crippen LogP contribution in [0.15, 0.2) is 24.4 Å². The topological polar surface area (TPSA) is 50.9 Å². The van der Waals surface area contributed by atoms with Crippen LogP contribution in [-0.2, 0) is 13.1 Å². The Bertz CT molecular complexity index is 510. The van der Waals surface area contributed by atoms with Gasteiger partial charge in [-0.2, -0.15) is 0 Å². The molecule has 3 nitrogen and oxygen atoms in total. The Hall–Kier alpha value is -1.10. The summed E-state index contributed by atoms with van der Waals surface area (Å²) in [6.07, 6.45) is 1.91. The van der Waals surface area contributed by atoms with E-state index in [1.807, 2.05) is 31.3 Å². The van der Waals surface area contributed by atoms with Gasteiger partial charge in [0, 0.05) is 24.2 Å². The van der Waals surface area contributed by atoms with Gasteiger partial charge in [-0.1, -0.05) is 17.7 Å². The first-order valence-corrected chi connectivity index (χ1v) is 6.50. The summed E-state index contributed by atoms with van der Waals surface area (Å²) in [4.78, 5) is 5.45. The second-order valence-electron chi connectivity index (χ2n) is 3.81. The molecule has 0 aliphatic heterocycles. The highest BCUT2D eigenvalue weighted by Crippen LogP contribution is 2.19. The van der Waals surface area contributed by atoms with Crippen molar-refractivity contribution in [2.75, 3.05) is 5.73 Å². The molecular formula is C12H14ClN3S.